The molecule has 2 aromatic carbocycles. The molecular weight excluding hydrogens is 280 g/mol. The van der Waals surface area contributed by atoms with Crippen molar-refractivity contribution in [1.29, 1.82) is 0 Å². The number of nitrogens with one attached hydrogen (secondary N) is 1. The summed E-state index contributed by atoms with van der Waals surface area (Å²) in [6.07, 6.45) is 2.94. The minimum Gasteiger partial charge on any atom is -0.345 e. The second kappa shape index (κ2) is 5.97. The normalized spacial score (nSPS) is 16.6. The lowest BCUT2D eigenvalue weighted by Gasteiger charge is -2.26. The fourth-order valence-corrected chi connectivity index (χ4v) is 2.91. The molecule has 0 saturated heterocycles. The molecule has 2 aromatic rings. The fourth-order valence-electron chi connectivity index (χ4n) is 2.91. The van der Waals surface area contributed by atoms with Crippen molar-refractivity contribution in [1.82, 2.24) is 5.32 Å². The van der Waals surface area contributed by atoms with Crippen molar-refractivity contribution >= 4 is 11.6 Å². The maximum absolute atomic E-state index is 12.4. The number of rotatable bonds is 3. The van der Waals surface area contributed by atoms with Crippen LogP contribution in [-0.2, 0) is 6.42 Å². The van der Waals surface area contributed by atoms with Crippen LogP contribution in [-0.4, -0.2) is 10.8 Å². The minimum atomic E-state index is -0.493. The molecule has 0 aliphatic heterocycles. The van der Waals surface area contributed by atoms with Crippen LogP contribution in [0.15, 0.2) is 48.5 Å². The molecule has 0 heterocycles. The fraction of sp³-hybridized carbons (Fsp3) is 0.235. The van der Waals surface area contributed by atoms with Gasteiger partial charge >= 0.3 is 0 Å². The van der Waals surface area contributed by atoms with E-state index in [4.69, 9.17) is 0 Å². The lowest BCUT2D eigenvalue weighted by atomic mass is 9.87. The number of fused-ring (bicyclic) bond motifs is 1. The highest BCUT2D eigenvalue weighted by Crippen LogP contribution is 2.29. The monoisotopic (exact) mass is 296 g/mol. The van der Waals surface area contributed by atoms with E-state index in [1.807, 2.05) is 18.2 Å². The van der Waals surface area contributed by atoms with Crippen molar-refractivity contribution in [3.8, 4) is 0 Å². The van der Waals surface area contributed by atoms with E-state index in [1.54, 1.807) is 6.07 Å². The van der Waals surface area contributed by atoms with Crippen molar-refractivity contribution in [2.75, 3.05) is 0 Å². The number of carbonyl (C=O) groups excluding carboxylic acids is 1. The summed E-state index contributed by atoms with van der Waals surface area (Å²) in [5, 5.41) is 13.8. The summed E-state index contributed by atoms with van der Waals surface area (Å²) in [6, 6.07) is 13.9. The largest absolute Gasteiger partial charge is 0.345 e. The van der Waals surface area contributed by atoms with E-state index in [9.17, 15) is 14.9 Å². The smallest absolute Gasteiger partial charge is 0.270 e. The van der Waals surface area contributed by atoms with Gasteiger partial charge in [0.25, 0.3) is 11.6 Å². The molecule has 22 heavy (non-hydrogen) atoms. The predicted octanol–water partition coefficient (Wildman–Crippen LogP) is 3.40. The molecule has 0 fully saturated rings. The van der Waals surface area contributed by atoms with Crippen molar-refractivity contribution in [3.05, 3.63) is 75.3 Å². The Morgan fingerprint density at radius 3 is 2.82 bits per heavy atom. The summed E-state index contributed by atoms with van der Waals surface area (Å²) >= 11 is 0. The van der Waals surface area contributed by atoms with E-state index in [0.717, 1.165) is 24.8 Å². The number of aryl methyl sites for hydroxylation is 1. The van der Waals surface area contributed by atoms with Crippen LogP contribution < -0.4 is 5.32 Å². The SMILES string of the molecule is O=C(N[C@H]1CCCc2ccccc21)c1cccc([N+](=O)[O-])c1. The number of non-ortho nitro benzene ring substituents is 1. The molecular formula is C17H16N2O3. The predicted molar refractivity (Wildman–Crippen MR) is 82.7 cm³/mol. The first kappa shape index (κ1) is 14.3. The maximum Gasteiger partial charge on any atom is 0.270 e. The van der Waals surface area contributed by atoms with Gasteiger partial charge in [-0.15, -0.1) is 0 Å². The molecule has 112 valence electrons. The van der Waals surface area contributed by atoms with Crippen molar-refractivity contribution < 1.29 is 9.72 Å². The lowest BCUT2D eigenvalue weighted by molar-refractivity contribution is -0.384. The Kier molecular flexibility index (Phi) is 3.87. The van der Waals surface area contributed by atoms with Crippen LogP contribution in [0.1, 0.15) is 40.4 Å². The Balaban J connectivity index is 1.81. The zero-order valence-electron chi connectivity index (χ0n) is 12.0. The number of hydrogen-bond donors (Lipinski definition) is 1. The van der Waals surface area contributed by atoms with Gasteiger partial charge in [0.2, 0.25) is 0 Å². The Labute approximate surface area is 128 Å². The van der Waals surface area contributed by atoms with Gasteiger partial charge in [-0.25, -0.2) is 0 Å². The Morgan fingerprint density at radius 2 is 2.00 bits per heavy atom. The Hall–Kier alpha value is -2.69. The van der Waals surface area contributed by atoms with E-state index in [1.165, 1.54) is 23.8 Å². The first-order chi connectivity index (χ1) is 10.6. The van der Waals surface area contributed by atoms with Gasteiger partial charge in [0, 0.05) is 17.7 Å². The lowest BCUT2D eigenvalue weighted by Crippen LogP contribution is -2.30. The average molecular weight is 296 g/mol. The molecule has 0 bridgehead atoms. The zero-order chi connectivity index (χ0) is 15.5. The van der Waals surface area contributed by atoms with E-state index in [0.29, 0.717) is 5.56 Å². The third-order valence-corrected chi connectivity index (χ3v) is 3.99. The molecule has 5 heteroatoms. The summed E-state index contributed by atoms with van der Waals surface area (Å²) in [4.78, 5) is 22.7. The Bertz CT molecular complexity index is 727. The van der Waals surface area contributed by atoms with E-state index in [2.05, 4.69) is 11.4 Å². The molecule has 1 N–H and O–H groups in total. The van der Waals surface area contributed by atoms with Crippen LogP contribution in [0, 0.1) is 10.1 Å². The van der Waals surface area contributed by atoms with Crippen LogP contribution in [0.5, 0.6) is 0 Å². The quantitative estimate of drug-likeness (QED) is 0.697. The summed E-state index contributed by atoms with van der Waals surface area (Å²) < 4.78 is 0. The standard InChI is InChI=1S/C17H16N2O3/c20-17(13-7-3-8-14(11-13)19(21)22)18-16-10-4-6-12-5-1-2-9-15(12)16/h1-3,5,7-9,11,16H,4,6,10H2,(H,18,20)/t16-/m0/s1. The van der Waals surface area contributed by atoms with Gasteiger partial charge in [0.15, 0.2) is 0 Å². The van der Waals surface area contributed by atoms with Crippen LogP contribution >= 0.6 is 0 Å². The molecule has 0 radical (unpaired) electrons. The van der Waals surface area contributed by atoms with Gasteiger partial charge in [-0.3, -0.25) is 14.9 Å². The third-order valence-electron chi connectivity index (χ3n) is 3.99. The average Bonchev–Trinajstić information content (AvgIpc) is 2.55. The van der Waals surface area contributed by atoms with Gasteiger partial charge in [0.1, 0.15) is 0 Å². The maximum atomic E-state index is 12.4. The second-order valence-corrected chi connectivity index (χ2v) is 5.42. The second-order valence-electron chi connectivity index (χ2n) is 5.42. The topological polar surface area (TPSA) is 72.2 Å². The molecule has 1 atom stereocenters. The number of carbonyl (C=O) groups is 1. The number of nitro benzene ring substituents is 1. The van der Waals surface area contributed by atoms with Gasteiger partial charge in [-0.05, 0) is 36.5 Å². The summed E-state index contributed by atoms with van der Waals surface area (Å²) in [7, 11) is 0. The molecule has 5 nitrogen and oxygen atoms in total. The number of hydrogen-bond acceptors (Lipinski definition) is 3. The van der Waals surface area contributed by atoms with Crippen LogP contribution in [0.2, 0.25) is 0 Å². The van der Waals surface area contributed by atoms with Crippen LogP contribution in [0.3, 0.4) is 0 Å². The van der Waals surface area contributed by atoms with E-state index < -0.39 is 4.92 Å². The van der Waals surface area contributed by atoms with Crippen LogP contribution in [0.4, 0.5) is 5.69 Å². The van der Waals surface area contributed by atoms with Gasteiger partial charge < -0.3 is 5.32 Å². The van der Waals surface area contributed by atoms with Gasteiger partial charge in [-0.2, -0.15) is 0 Å². The summed E-state index contributed by atoms with van der Waals surface area (Å²) in [6.45, 7) is 0. The van der Waals surface area contributed by atoms with Crippen LogP contribution in [0.25, 0.3) is 0 Å². The van der Waals surface area contributed by atoms with Crippen molar-refractivity contribution in [3.63, 3.8) is 0 Å². The van der Waals surface area contributed by atoms with Gasteiger partial charge in [-0.1, -0.05) is 30.3 Å². The minimum absolute atomic E-state index is 0.0308. The summed E-state index contributed by atoms with van der Waals surface area (Å²) in [5.74, 6) is -0.273. The number of nitrogens with zero attached hydrogens (tertiary/aromatic N) is 1. The van der Waals surface area contributed by atoms with E-state index in [-0.39, 0.29) is 17.6 Å². The molecule has 1 aliphatic carbocycles. The molecule has 3 rings (SSSR count). The molecule has 0 spiro atoms. The third kappa shape index (κ3) is 2.83. The number of nitro groups is 1. The first-order valence-electron chi connectivity index (χ1n) is 7.28. The Morgan fingerprint density at radius 1 is 1.18 bits per heavy atom. The van der Waals surface area contributed by atoms with E-state index >= 15 is 0 Å². The summed E-state index contributed by atoms with van der Waals surface area (Å²) in [5.41, 5.74) is 2.65. The molecule has 0 saturated carbocycles. The number of benzene rings is 2. The molecule has 1 amide bonds. The highest BCUT2D eigenvalue weighted by molar-refractivity contribution is 5.95. The molecule has 0 unspecified atom stereocenters. The first-order valence-corrected chi connectivity index (χ1v) is 7.28. The zero-order valence-corrected chi connectivity index (χ0v) is 12.0. The number of amides is 1. The molecule has 0 aromatic heterocycles. The highest BCUT2D eigenvalue weighted by Gasteiger charge is 2.22. The highest BCUT2D eigenvalue weighted by atomic mass is 16.6. The van der Waals surface area contributed by atoms with Gasteiger partial charge in [0.05, 0.1) is 11.0 Å². The van der Waals surface area contributed by atoms with Crippen molar-refractivity contribution in [2.45, 2.75) is 25.3 Å². The molecule has 1 aliphatic rings. The van der Waals surface area contributed by atoms with Crippen molar-refractivity contribution in [2.24, 2.45) is 0 Å².